The highest BCUT2D eigenvalue weighted by Crippen LogP contribution is 2.11. The van der Waals surface area contributed by atoms with E-state index in [1.165, 1.54) is 6.21 Å². The van der Waals surface area contributed by atoms with Gasteiger partial charge in [0.2, 0.25) is 5.91 Å². The van der Waals surface area contributed by atoms with Crippen LogP contribution in [0.4, 0.5) is 0 Å². The van der Waals surface area contributed by atoms with Crippen molar-refractivity contribution in [3.63, 3.8) is 0 Å². The Morgan fingerprint density at radius 3 is 2.46 bits per heavy atom. The summed E-state index contributed by atoms with van der Waals surface area (Å²) in [4.78, 5) is 23.7. The van der Waals surface area contributed by atoms with Crippen molar-refractivity contribution in [2.75, 3.05) is 20.8 Å². The largest absolute Gasteiger partial charge is 0.497 e. The molecule has 2 N–H and O–H groups in total. The number of amides is 2. The van der Waals surface area contributed by atoms with Gasteiger partial charge in [0.15, 0.2) is 0 Å². The number of hydrogen-bond donors (Lipinski definition) is 2. The molecule has 0 aromatic heterocycles. The van der Waals surface area contributed by atoms with E-state index in [0.717, 1.165) is 5.56 Å². The van der Waals surface area contributed by atoms with Crippen LogP contribution in [0.5, 0.6) is 11.5 Å². The molecule has 0 radical (unpaired) electrons. The number of methoxy groups -OCH3 is 2. The first kappa shape index (κ1) is 19.0. The van der Waals surface area contributed by atoms with Crippen LogP contribution in [-0.2, 0) is 4.79 Å². The average molecular weight is 355 g/mol. The second-order valence-corrected chi connectivity index (χ2v) is 5.30. The van der Waals surface area contributed by atoms with Gasteiger partial charge in [0.25, 0.3) is 5.91 Å². The predicted octanol–water partition coefficient (Wildman–Crippen LogP) is 1.97. The SMILES string of the molecule is COc1ccc(C(=O)NCCC(=O)NN=Cc2cccc(OC)c2)cc1. The number of ether oxygens (including phenoxy) is 2. The fourth-order valence-corrected chi connectivity index (χ4v) is 2.09. The molecular weight excluding hydrogens is 334 g/mol. The van der Waals surface area contributed by atoms with Gasteiger partial charge in [0.05, 0.1) is 20.4 Å². The number of nitrogens with zero attached hydrogens (tertiary/aromatic N) is 1. The number of hydrazone groups is 1. The van der Waals surface area contributed by atoms with Crippen molar-refractivity contribution < 1.29 is 19.1 Å². The number of nitrogens with one attached hydrogen (secondary N) is 2. The third kappa shape index (κ3) is 5.94. The fraction of sp³-hybridized carbons (Fsp3) is 0.211. The number of carbonyl (C=O) groups excluding carboxylic acids is 2. The van der Waals surface area contributed by atoms with E-state index < -0.39 is 0 Å². The van der Waals surface area contributed by atoms with Crippen LogP contribution in [0.3, 0.4) is 0 Å². The smallest absolute Gasteiger partial charge is 0.251 e. The third-order valence-corrected chi connectivity index (χ3v) is 3.49. The zero-order chi connectivity index (χ0) is 18.8. The lowest BCUT2D eigenvalue weighted by Crippen LogP contribution is -2.29. The first-order chi connectivity index (χ1) is 12.6. The van der Waals surface area contributed by atoms with Crippen LogP contribution >= 0.6 is 0 Å². The molecular formula is C19H21N3O4. The topological polar surface area (TPSA) is 89.0 Å². The summed E-state index contributed by atoms with van der Waals surface area (Å²) >= 11 is 0. The lowest BCUT2D eigenvalue weighted by Gasteiger charge is -2.05. The Kier molecular flexibility index (Phi) is 7.17. The molecule has 136 valence electrons. The van der Waals surface area contributed by atoms with Crippen molar-refractivity contribution in [1.82, 2.24) is 10.7 Å². The van der Waals surface area contributed by atoms with Gasteiger partial charge in [0, 0.05) is 18.5 Å². The summed E-state index contributed by atoms with van der Waals surface area (Å²) in [6.45, 7) is 0.214. The minimum Gasteiger partial charge on any atom is -0.497 e. The van der Waals surface area contributed by atoms with E-state index >= 15 is 0 Å². The maximum Gasteiger partial charge on any atom is 0.251 e. The molecule has 0 saturated heterocycles. The van der Waals surface area contributed by atoms with Gasteiger partial charge in [-0.1, -0.05) is 12.1 Å². The molecule has 0 heterocycles. The van der Waals surface area contributed by atoms with E-state index in [1.54, 1.807) is 44.6 Å². The van der Waals surface area contributed by atoms with Crippen LogP contribution in [0.15, 0.2) is 53.6 Å². The molecule has 2 amide bonds. The van der Waals surface area contributed by atoms with Gasteiger partial charge >= 0.3 is 0 Å². The lowest BCUT2D eigenvalue weighted by molar-refractivity contribution is -0.120. The third-order valence-electron chi connectivity index (χ3n) is 3.49. The molecule has 0 saturated carbocycles. The molecule has 0 aliphatic carbocycles. The summed E-state index contributed by atoms with van der Waals surface area (Å²) in [7, 11) is 3.14. The number of carbonyl (C=O) groups is 2. The molecule has 0 aliphatic heterocycles. The molecule has 0 bridgehead atoms. The number of hydrogen-bond acceptors (Lipinski definition) is 5. The van der Waals surface area contributed by atoms with Gasteiger partial charge in [-0.15, -0.1) is 0 Å². The summed E-state index contributed by atoms with van der Waals surface area (Å²) in [5.74, 6) is 0.843. The monoisotopic (exact) mass is 355 g/mol. The highest BCUT2D eigenvalue weighted by atomic mass is 16.5. The van der Waals surface area contributed by atoms with Crippen molar-refractivity contribution in [2.45, 2.75) is 6.42 Å². The van der Waals surface area contributed by atoms with Crippen molar-refractivity contribution in [3.8, 4) is 11.5 Å². The van der Waals surface area contributed by atoms with Gasteiger partial charge < -0.3 is 14.8 Å². The van der Waals surface area contributed by atoms with Crippen molar-refractivity contribution >= 4 is 18.0 Å². The first-order valence-electron chi connectivity index (χ1n) is 8.00. The van der Waals surface area contributed by atoms with Crippen LogP contribution in [-0.4, -0.2) is 38.8 Å². The number of benzene rings is 2. The Bertz CT molecular complexity index is 773. The molecule has 0 aliphatic rings. The minimum atomic E-state index is -0.292. The van der Waals surface area contributed by atoms with E-state index in [4.69, 9.17) is 9.47 Å². The predicted molar refractivity (Wildman–Crippen MR) is 98.7 cm³/mol. The standard InChI is InChI=1S/C19H21N3O4/c1-25-16-8-6-15(7-9-16)19(24)20-11-10-18(23)22-21-13-14-4-3-5-17(12-14)26-2/h3-9,12-13H,10-11H2,1-2H3,(H,20,24)(H,22,23). The van der Waals surface area contributed by atoms with Gasteiger partial charge in [-0.25, -0.2) is 5.43 Å². The number of rotatable bonds is 8. The average Bonchev–Trinajstić information content (AvgIpc) is 2.68. The maximum atomic E-state index is 12.0. The Morgan fingerprint density at radius 1 is 1.04 bits per heavy atom. The molecule has 2 rings (SSSR count). The second kappa shape index (κ2) is 9.83. The van der Waals surface area contributed by atoms with Crippen LogP contribution in [0.1, 0.15) is 22.3 Å². The summed E-state index contributed by atoms with van der Waals surface area (Å²) in [6, 6.07) is 14.0. The van der Waals surface area contributed by atoms with E-state index in [0.29, 0.717) is 17.1 Å². The molecule has 7 nitrogen and oxygen atoms in total. The highest BCUT2D eigenvalue weighted by Gasteiger charge is 2.06. The van der Waals surface area contributed by atoms with Crippen molar-refractivity contribution in [3.05, 3.63) is 59.7 Å². The summed E-state index contributed by atoms with van der Waals surface area (Å²) in [5.41, 5.74) is 3.72. The van der Waals surface area contributed by atoms with Gasteiger partial charge in [-0.05, 0) is 42.0 Å². The van der Waals surface area contributed by atoms with Gasteiger partial charge in [-0.2, -0.15) is 5.10 Å². The summed E-state index contributed by atoms with van der Waals surface area (Å²) in [6.07, 6.45) is 1.65. The zero-order valence-electron chi connectivity index (χ0n) is 14.7. The quantitative estimate of drug-likeness (QED) is 0.560. The lowest BCUT2D eigenvalue weighted by atomic mass is 10.2. The first-order valence-corrected chi connectivity index (χ1v) is 8.00. The molecule has 0 spiro atoms. The van der Waals surface area contributed by atoms with E-state index in [1.807, 2.05) is 18.2 Å². The summed E-state index contributed by atoms with van der Waals surface area (Å²) in [5, 5.41) is 6.57. The van der Waals surface area contributed by atoms with E-state index in [9.17, 15) is 9.59 Å². The summed E-state index contributed by atoms with van der Waals surface area (Å²) < 4.78 is 10.1. The molecule has 26 heavy (non-hydrogen) atoms. The Balaban J connectivity index is 1.72. The maximum absolute atomic E-state index is 12.0. The fourth-order valence-electron chi connectivity index (χ4n) is 2.09. The second-order valence-electron chi connectivity index (χ2n) is 5.30. The molecule has 7 heteroatoms. The van der Waals surface area contributed by atoms with Crippen LogP contribution < -0.4 is 20.2 Å². The molecule has 2 aromatic carbocycles. The Labute approximate surface area is 152 Å². The molecule has 0 atom stereocenters. The minimum absolute atomic E-state index is 0.122. The van der Waals surface area contributed by atoms with Gasteiger partial charge in [-0.3, -0.25) is 9.59 Å². The van der Waals surface area contributed by atoms with Crippen molar-refractivity contribution in [1.29, 1.82) is 0 Å². The normalized spacial score (nSPS) is 10.4. The van der Waals surface area contributed by atoms with Crippen LogP contribution in [0.2, 0.25) is 0 Å². The highest BCUT2D eigenvalue weighted by molar-refractivity contribution is 5.94. The van der Waals surface area contributed by atoms with E-state index in [-0.39, 0.29) is 24.8 Å². The van der Waals surface area contributed by atoms with Crippen LogP contribution in [0.25, 0.3) is 0 Å². The molecule has 0 unspecified atom stereocenters. The van der Waals surface area contributed by atoms with Crippen LogP contribution in [0, 0.1) is 0 Å². The van der Waals surface area contributed by atoms with E-state index in [2.05, 4.69) is 15.8 Å². The van der Waals surface area contributed by atoms with Crippen molar-refractivity contribution in [2.24, 2.45) is 5.10 Å². The Hall–Kier alpha value is -3.35. The zero-order valence-corrected chi connectivity index (χ0v) is 14.7. The Morgan fingerprint density at radius 2 is 1.77 bits per heavy atom. The molecule has 2 aromatic rings. The van der Waals surface area contributed by atoms with Gasteiger partial charge in [0.1, 0.15) is 11.5 Å². The molecule has 0 fully saturated rings.